The minimum absolute atomic E-state index is 0.0747. The molecule has 1 aromatic rings. The quantitative estimate of drug-likeness (QED) is 0.846. The number of benzene rings is 1. The molecule has 22 heavy (non-hydrogen) atoms. The average Bonchev–Trinajstić information content (AvgIpc) is 2.50. The third-order valence-electron chi connectivity index (χ3n) is 3.86. The molecule has 0 spiro atoms. The van der Waals surface area contributed by atoms with Crippen LogP contribution in [0.4, 0.5) is 13.6 Å². The van der Waals surface area contributed by atoms with Crippen LogP contribution in [0.1, 0.15) is 18.4 Å². The van der Waals surface area contributed by atoms with Crippen molar-refractivity contribution < 1.29 is 13.6 Å². The normalized spacial score (nSPS) is 16.7. The summed E-state index contributed by atoms with van der Waals surface area (Å²) in [7, 11) is 0. The SMILES string of the molecule is O=C(NCCc1ccccc1)NC1CCN(CC(F)F)CC1. The molecule has 1 fully saturated rings. The summed E-state index contributed by atoms with van der Waals surface area (Å²) in [5.74, 6) is 0. The van der Waals surface area contributed by atoms with Crippen LogP contribution in [0.3, 0.4) is 0 Å². The summed E-state index contributed by atoms with van der Waals surface area (Å²) in [6.07, 6.45) is -0.0514. The van der Waals surface area contributed by atoms with E-state index in [2.05, 4.69) is 10.6 Å². The van der Waals surface area contributed by atoms with Crippen molar-refractivity contribution in [2.45, 2.75) is 31.7 Å². The summed E-state index contributed by atoms with van der Waals surface area (Å²) in [4.78, 5) is 13.6. The van der Waals surface area contributed by atoms with E-state index < -0.39 is 6.43 Å². The Morgan fingerprint density at radius 3 is 2.55 bits per heavy atom. The lowest BCUT2D eigenvalue weighted by Crippen LogP contribution is -2.48. The fourth-order valence-electron chi connectivity index (χ4n) is 2.66. The van der Waals surface area contributed by atoms with Gasteiger partial charge in [0.2, 0.25) is 0 Å². The van der Waals surface area contributed by atoms with Gasteiger partial charge < -0.3 is 10.6 Å². The van der Waals surface area contributed by atoms with Gasteiger partial charge in [0.25, 0.3) is 6.43 Å². The number of halogens is 2. The molecule has 0 saturated carbocycles. The largest absolute Gasteiger partial charge is 0.338 e. The summed E-state index contributed by atoms with van der Waals surface area (Å²) >= 11 is 0. The highest BCUT2D eigenvalue weighted by Crippen LogP contribution is 2.11. The second-order valence-corrected chi connectivity index (χ2v) is 5.60. The van der Waals surface area contributed by atoms with Gasteiger partial charge in [-0.15, -0.1) is 0 Å². The Labute approximate surface area is 129 Å². The number of nitrogens with zero attached hydrogens (tertiary/aromatic N) is 1. The number of hydrogen-bond donors (Lipinski definition) is 2. The van der Waals surface area contributed by atoms with Gasteiger partial charge in [0.1, 0.15) is 0 Å². The highest BCUT2D eigenvalue weighted by Gasteiger charge is 2.22. The molecule has 2 N–H and O–H groups in total. The Bertz CT molecular complexity index is 448. The van der Waals surface area contributed by atoms with E-state index in [4.69, 9.17) is 0 Å². The fourth-order valence-corrected chi connectivity index (χ4v) is 2.66. The molecule has 0 bridgehead atoms. The number of amides is 2. The van der Waals surface area contributed by atoms with Crippen LogP contribution >= 0.6 is 0 Å². The molecule has 1 saturated heterocycles. The lowest BCUT2D eigenvalue weighted by atomic mass is 10.1. The Morgan fingerprint density at radius 1 is 1.23 bits per heavy atom. The smallest absolute Gasteiger partial charge is 0.315 e. The molecule has 1 heterocycles. The van der Waals surface area contributed by atoms with E-state index >= 15 is 0 Å². The summed E-state index contributed by atoms with van der Waals surface area (Å²) in [5.41, 5.74) is 1.18. The number of piperidine rings is 1. The number of likely N-dealkylation sites (tertiary alicyclic amines) is 1. The first-order valence-electron chi connectivity index (χ1n) is 7.72. The maximum absolute atomic E-state index is 12.3. The molecule has 1 aromatic carbocycles. The zero-order valence-electron chi connectivity index (χ0n) is 12.6. The number of alkyl halides is 2. The number of urea groups is 1. The number of carbonyl (C=O) groups is 1. The highest BCUT2D eigenvalue weighted by atomic mass is 19.3. The number of nitrogens with one attached hydrogen (secondary N) is 2. The van der Waals surface area contributed by atoms with Gasteiger partial charge in [-0.05, 0) is 24.8 Å². The van der Waals surface area contributed by atoms with Crippen LogP contribution in [0.5, 0.6) is 0 Å². The molecule has 6 heteroatoms. The minimum atomic E-state index is -2.29. The standard InChI is InChI=1S/C16H23F2N3O/c17-15(18)12-21-10-7-14(8-11-21)20-16(22)19-9-6-13-4-2-1-3-5-13/h1-5,14-15H,6-12H2,(H2,19,20,22). The van der Waals surface area contributed by atoms with Crippen LogP contribution in [0.25, 0.3) is 0 Å². The van der Waals surface area contributed by atoms with E-state index in [1.807, 2.05) is 30.3 Å². The van der Waals surface area contributed by atoms with Crippen molar-refractivity contribution in [3.8, 4) is 0 Å². The van der Waals surface area contributed by atoms with E-state index in [0.29, 0.717) is 19.6 Å². The summed E-state index contributed by atoms with van der Waals surface area (Å²) < 4.78 is 24.6. The van der Waals surface area contributed by atoms with Gasteiger partial charge in [-0.25, -0.2) is 13.6 Å². The van der Waals surface area contributed by atoms with Crippen LogP contribution in [0.15, 0.2) is 30.3 Å². The molecule has 0 atom stereocenters. The Kier molecular flexibility index (Phi) is 6.58. The monoisotopic (exact) mass is 311 g/mol. The molecule has 1 aliphatic heterocycles. The minimum Gasteiger partial charge on any atom is -0.338 e. The molecule has 2 amide bonds. The van der Waals surface area contributed by atoms with Crippen molar-refractivity contribution in [3.63, 3.8) is 0 Å². The summed E-state index contributed by atoms with van der Waals surface area (Å²) in [5, 5.41) is 5.75. The van der Waals surface area contributed by atoms with Crippen molar-refractivity contribution in [2.75, 3.05) is 26.2 Å². The maximum Gasteiger partial charge on any atom is 0.315 e. The summed E-state index contributed by atoms with van der Waals surface area (Å²) in [6, 6.07) is 9.86. The molecular formula is C16H23F2N3O. The first-order chi connectivity index (χ1) is 10.6. The van der Waals surface area contributed by atoms with Gasteiger partial charge in [0.15, 0.2) is 0 Å². The van der Waals surface area contributed by atoms with Crippen molar-refractivity contribution in [1.29, 1.82) is 0 Å². The van der Waals surface area contributed by atoms with Gasteiger partial charge >= 0.3 is 6.03 Å². The van der Waals surface area contributed by atoms with E-state index in [0.717, 1.165) is 19.3 Å². The molecule has 0 aliphatic carbocycles. The molecule has 0 aromatic heterocycles. The molecule has 4 nitrogen and oxygen atoms in total. The first kappa shape index (κ1) is 16.7. The van der Waals surface area contributed by atoms with Gasteiger partial charge in [-0.3, -0.25) is 4.90 Å². The molecule has 0 unspecified atom stereocenters. The summed E-state index contributed by atoms with van der Waals surface area (Å²) in [6.45, 7) is 1.63. The number of hydrogen-bond acceptors (Lipinski definition) is 2. The van der Waals surface area contributed by atoms with E-state index in [9.17, 15) is 13.6 Å². The predicted octanol–water partition coefficient (Wildman–Crippen LogP) is 2.26. The first-order valence-corrected chi connectivity index (χ1v) is 7.72. The Morgan fingerprint density at radius 2 is 1.91 bits per heavy atom. The fraction of sp³-hybridized carbons (Fsp3) is 0.562. The molecule has 2 rings (SSSR count). The van der Waals surface area contributed by atoms with E-state index in [1.165, 1.54) is 5.56 Å². The van der Waals surface area contributed by atoms with Crippen LogP contribution in [-0.2, 0) is 6.42 Å². The lowest BCUT2D eigenvalue weighted by Gasteiger charge is -2.32. The molecule has 0 radical (unpaired) electrons. The number of rotatable bonds is 6. The lowest BCUT2D eigenvalue weighted by molar-refractivity contribution is 0.0737. The average molecular weight is 311 g/mol. The van der Waals surface area contributed by atoms with Gasteiger partial charge in [0, 0.05) is 25.7 Å². The zero-order chi connectivity index (χ0) is 15.8. The second-order valence-electron chi connectivity index (χ2n) is 5.60. The van der Waals surface area contributed by atoms with Crippen LogP contribution < -0.4 is 10.6 Å². The Balaban J connectivity index is 1.60. The third-order valence-corrected chi connectivity index (χ3v) is 3.86. The van der Waals surface area contributed by atoms with E-state index in [-0.39, 0.29) is 18.6 Å². The van der Waals surface area contributed by atoms with Gasteiger partial charge in [-0.2, -0.15) is 0 Å². The van der Waals surface area contributed by atoms with Crippen LogP contribution in [-0.4, -0.2) is 49.6 Å². The predicted molar refractivity (Wildman–Crippen MR) is 82.1 cm³/mol. The van der Waals surface area contributed by atoms with E-state index in [1.54, 1.807) is 4.90 Å². The van der Waals surface area contributed by atoms with Crippen molar-refractivity contribution in [1.82, 2.24) is 15.5 Å². The second kappa shape index (κ2) is 8.68. The van der Waals surface area contributed by atoms with Crippen LogP contribution in [0.2, 0.25) is 0 Å². The molecule has 122 valence electrons. The molecule has 1 aliphatic rings. The zero-order valence-corrected chi connectivity index (χ0v) is 12.6. The maximum atomic E-state index is 12.3. The third kappa shape index (κ3) is 5.97. The van der Waals surface area contributed by atoms with Crippen molar-refractivity contribution in [3.05, 3.63) is 35.9 Å². The van der Waals surface area contributed by atoms with Crippen molar-refractivity contribution in [2.24, 2.45) is 0 Å². The Hall–Kier alpha value is -1.69. The molecular weight excluding hydrogens is 288 g/mol. The highest BCUT2D eigenvalue weighted by molar-refractivity contribution is 5.74. The van der Waals surface area contributed by atoms with Gasteiger partial charge in [0.05, 0.1) is 6.54 Å². The van der Waals surface area contributed by atoms with Crippen molar-refractivity contribution >= 4 is 6.03 Å². The van der Waals surface area contributed by atoms with Crippen LogP contribution in [0, 0.1) is 0 Å². The number of carbonyl (C=O) groups excluding carboxylic acids is 1. The van der Waals surface area contributed by atoms with Gasteiger partial charge in [-0.1, -0.05) is 30.3 Å². The topological polar surface area (TPSA) is 44.4 Å².